The first kappa shape index (κ1) is 12.4. The number of anilines is 1. The zero-order valence-electron chi connectivity index (χ0n) is 10.4. The van der Waals surface area contributed by atoms with E-state index < -0.39 is 0 Å². The van der Waals surface area contributed by atoms with Crippen molar-refractivity contribution in [2.45, 2.75) is 18.9 Å². The van der Waals surface area contributed by atoms with Crippen LogP contribution in [0.2, 0.25) is 0 Å². The van der Waals surface area contributed by atoms with Crippen LogP contribution in [-0.2, 0) is 0 Å². The SMILES string of the molecule is NNC(=NC1CC1)Nc1ccc2cc(Br)ccc2c1. The largest absolute Gasteiger partial charge is 0.325 e. The summed E-state index contributed by atoms with van der Waals surface area (Å²) in [7, 11) is 0. The van der Waals surface area contributed by atoms with E-state index in [-0.39, 0.29) is 0 Å². The highest BCUT2D eigenvalue weighted by Crippen LogP contribution is 2.25. The minimum atomic E-state index is 0.426. The number of nitrogens with zero attached hydrogens (tertiary/aromatic N) is 1. The van der Waals surface area contributed by atoms with E-state index in [1.54, 1.807) is 0 Å². The van der Waals surface area contributed by atoms with Crippen LogP contribution in [0.15, 0.2) is 45.9 Å². The van der Waals surface area contributed by atoms with E-state index >= 15 is 0 Å². The lowest BCUT2D eigenvalue weighted by atomic mass is 10.1. The fraction of sp³-hybridized carbons (Fsp3) is 0.214. The third kappa shape index (κ3) is 3.05. The molecule has 0 atom stereocenters. The Morgan fingerprint density at radius 3 is 2.63 bits per heavy atom. The number of nitrogens with two attached hydrogens (primary N) is 1. The average Bonchev–Trinajstić information content (AvgIpc) is 3.22. The lowest BCUT2D eigenvalue weighted by Gasteiger charge is -2.10. The van der Waals surface area contributed by atoms with Gasteiger partial charge in [-0.1, -0.05) is 28.1 Å². The highest BCUT2D eigenvalue weighted by molar-refractivity contribution is 9.10. The molecule has 0 spiro atoms. The highest BCUT2D eigenvalue weighted by atomic mass is 79.9. The number of nitrogens with one attached hydrogen (secondary N) is 2. The van der Waals surface area contributed by atoms with Gasteiger partial charge in [0.15, 0.2) is 0 Å². The van der Waals surface area contributed by atoms with Crippen molar-refractivity contribution >= 4 is 38.3 Å². The molecule has 0 saturated heterocycles. The van der Waals surface area contributed by atoms with Gasteiger partial charge in [0.2, 0.25) is 5.96 Å². The predicted octanol–water partition coefficient (Wildman–Crippen LogP) is 3.00. The van der Waals surface area contributed by atoms with Crippen LogP contribution < -0.4 is 16.6 Å². The van der Waals surface area contributed by atoms with Gasteiger partial charge in [-0.05, 0) is 47.9 Å². The van der Waals surface area contributed by atoms with Crippen molar-refractivity contribution in [2.75, 3.05) is 5.32 Å². The standard InChI is InChI=1S/C14H15BrN4/c15-11-3-1-10-8-13(4-2-9(10)7-11)18-14(19-16)17-12-5-6-12/h1-4,7-8,12H,5-6,16H2,(H2,17,18,19). The van der Waals surface area contributed by atoms with Crippen LogP contribution in [-0.4, -0.2) is 12.0 Å². The highest BCUT2D eigenvalue weighted by Gasteiger charge is 2.20. The lowest BCUT2D eigenvalue weighted by Crippen LogP contribution is -2.36. The summed E-state index contributed by atoms with van der Waals surface area (Å²) in [4.78, 5) is 4.46. The van der Waals surface area contributed by atoms with Crippen molar-refractivity contribution in [3.05, 3.63) is 40.9 Å². The number of hydrogen-bond donors (Lipinski definition) is 3. The van der Waals surface area contributed by atoms with Crippen LogP contribution in [0, 0.1) is 0 Å². The smallest absolute Gasteiger partial charge is 0.210 e. The zero-order chi connectivity index (χ0) is 13.2. The number of aliphatic imine (C=N–C) groups is 1. The van der Waals surface area contributed by atoms with Crippen LogP contribution in [0.1, 0.15) is 12.8 Å². The average molecular weight is 319 g/mol. The first-order valence-electron chi connectivity index (χ1n) is 6.25. The molecule has 0 aromatic heterocycles. The topological polar surface area (TPSA) is 62.4 Å². The van der Waals surface area contributed by atoms with Gasteiger partial charge >= 0.3 is 0 Å². The Labute approximate surface area is 120 Å². The summed E-state index contributed by atoms with van der Waals surface area (Å²) in [5.74, 6) is 6.10. The summed E-state index contributed by atoms with van der Waals surface area (Å²) in [5, 5.41) is 5.58. The Kier molecular flexibility index (Phi) is 3.40. The number of rotatable bonds is 2. The monoisotopic (exact) mass is 318 g/mol. The fourth-order valence-corrected chi connectivity index (χ4v) is 2.30. The van der Waals surface area contributed by atoms with Gasteiger partial charge in [-0.2, -0.15) is 0 Å². The predicted molar refractivity (Wildman–Crippen MR) is 83.1 cm³/mol. The molecular weight excluding hydrogens is 304 g/mol. The molecule has 0 aliphatic heterocycles. The minimum Gasteiger partial charge on any atom is -0.325 e. The molecule has 1 aliphatic rings. The molecule has 1 aliphatic carbocycles. The molecule has 3 rings (SSSR count). The second-order valence-corrected chi connectivity index (χ2v) is 5.60. The van der Waals surface area contributed by atoms with E-state index in [0.29, 0.717) is 12.0 Å². The third-order valence-corrected chi connectivity index (χ3v) is 3.55. The van der Waals surface area contributed by atoms with Gasteiger partial charge in [0, 0.05) is 10.2 Å². The Bertz CT molecular complexity index is 634. The molecule has 1 saturated carbocycles. The van der Waals surface area contributed by atoms with E-state index in [0.717, 1.165) is 23.0 Å². The normalized spacial score (nSPS) is 15.6. The quantitative estimate of drug-likeness (QED) is 0.345. The fourth-order valence-electron chi connectivity index (χ4n) is 1.92. The lowest BCUT2D eigenvalue weighted by molar-refractivity contribution is 0.966. The molecule has 19 heavy (non-hydrogen) atoms. The summed E-state index contributed by atoms with van der Waals surface area (Å²) < 4.78 is 1.08. The summed E-state index contributed by atoms with van der Waals surface area (Å²) >= 11 is 3.48. The molecule has 4 N–H and O–H groups in total. The number of benzene rings is 2. The van der Waals surface area contributed by atoms with Gasteiger partial charge in [0.05, 0.1) is 6.04 Å². The van der Waals surface area contributed by atoms with Crippen LogP contribution in [0.25, 0.3) is 10.8 Å². The maximum atomic E-state index is 5.48. The van der Waals surface area contributed by atoms with E-state index in [9.17, 15) is 0 Å². The number of hydrogen-bond acceptors (Lipinski definition) is 2. The molecule has 5 heteroatoms. The van der Waals surface area contributed by atoms with Gasteiger partial charge < -0.3 is 5.32 Å². The Hall–Kier alpha value is -1.59. The third-order valence-electron chi connectivity index (χ3n) is 3.06. The number of guanidine groups is 1. The summed E-state index contributed by atoms with van der Waals surface area (Å²) in [5.41, 5.74) is 3.59. The Morgan fingerprint density at radius 2 is 1.89 bits per heavy atom. The molecule has 0 bridgehead atoms. The van der Waals surface area contributed by atoms with E-state index in [4.69, 9.17) is 5.84 Å². The number of fused-ring (bicyclic) bond motifs is 1. The summed E-state index contributed by atoms with van der Waals surface area (Å²) in [6.45, 7) is 0. The summed E-state index contributed by atoms with van der Waals surface area (Å²) in [6, 6.07) is 12.8. The van der Waals surface area contributed by atoms with E-state index in [2.05, 4.69) is 55.9 Å². The van der Waals surface area contributed by atoms with Crippen LogP contribution >= 0.6 is 15.9 Å². The zero-order valence-corrected chi connectivity index (χ0v) is 11.9. The Balaban J connectivity index is 1.86. The second kappa shape index (κ2) is 5.19. The van der Waals surface area contributed by atoms with Crippen LogP contribution in [0.3, 0.4) is 0 Å². The molecule has 0 heterocycles. The van der Waals surface area contributed by atoms with Gasteiger partial charge in [-0.15, -0.1) is 0 Å². The molecule has 0 unspecified atom stereocenters. The van der Waals surface area contributed by atoms with E-state index in [1.807, 2.05) is 12.1 Å². The van der Waals surface area contributed by atoms with Gasteiger partial charge in [0.1, 0.15) is 0 Å². The molecule has 98 valence electrons. The van der Waals surface area contributed by atoms with Crippen LogP contribution in [0.4, 0.5) is 5.69 Å². The Morgan fingerprint density at radius 1 is 1.16 bits per heavy atom. The van der Waals surface area contributed by atoms with Gasteiger partial charge in [-0.25, -0.2) is 10.8 Å². The molecule has 2 aromatic rings. The summed E-state index contributed by atoms with van der Waals surface area (Å²) in [6.07, 6.45) is 2.30. The number of halogens is 1. The first-order valence-corrected chi connectivity index (χ1v) is 7.05. The first-order chi connectivity index (χ1) is 9.24. The van der Waals surface area contributed by atoms with Crippen LogP contribution in [0.5, 0.6) is 0 Å². The van der Waals surface area contributed by atoms with Crippen molar-refractivity contribution in [3.63, 3.8) is 0 Å². The number of hydrazine groups is 1. The second-order valence-electron chi connectivity index (χ2n) is 4.68. The maximum absolute atomic E-state index is 5.48. The van der Waals surface area contributed by atoms with Gasteiger partial charge in [-0.3, -0.25) is 5.43 Å². The van der Waals surface area contributed by atoms with E-state index in [1.165, 1.54) is 10.8 Å². The molecule has 4 nitrogen and oxygen atoms in total. The molecule has 2 aromatic carbocycles. The molecule has 0 amide bonds. The van der Waals surface area contributed by atoms with Crippen molar-refractivity contribution in [1.29, 1.82) is 0 Å². The molecule has 1 fully saturated rings. The van der Waals surface area contributed by atoms with Crippen molar-refractivity contribution in [1.82, 2.24) is 5.43 Å². The van der Waals surface area contributed by atoms with Crippen molar-refractivity contribution < 1.29 is 0 Å². The van der Waals surface area contributed by atoms with Crippen molar-refractivity contribution in [2.24, 2.45) is 10.8 Å². The molecular formula is C14H15BrN4. The maximum Gasteiger partial charge on any atom is 0.210 e. The van der Waals surface area contributed by atoms with Gasteiger partial charge in [0.25, 0.3) is 0 Å². The minimum absolute atomic E-state index is 0.426. The van der Waals surface area contributed by atoms with Crippen molar-refractivity contribution in [3.8, 4) is 0 Å². The molecule has 0 radical (unpaired) electrons.